The quantitative estimate of drug-likeness (QED) is 0.392. The van der Waals surface area contributed by atoms with E-state index in [-0.39, 0.29) is 0 Å². The molecule has 2 atom stereocenters. The molecule has 2 unspecified atom stereocenters. The minimum absolute atomic E-state index is 0.387. The van der Waals surface area contributed by atoms with Gasteiger partial charge in [-0.05, 0) is 19.9 Å². The van der Waals surface area contributed by atoms with Crippen molar-refractivity contribution in [2.75, 3.05) is 38.8 Å². The zero-order valence-electron chi connectivity index (χ0n) is 9.74. The summed E-state index contributed by atoms with van der Waals surface area (Å²) in [7, 11) is 3.93. The monoisotopic (exact) mass is 233 g/mol. The minimum Gasteiger partial charge on any atom is -0.385 e. The lowest BCUT2D eigenvalue weighted by molar-refractivity contribution is 0.169. The molecule has 5 heteroatoms. The van der Waals surface area contributed by atoms with Crippen LogP contribution < -0.4 is 11.3 Å². The van der Waals surface area contributed by atoms with Crippen LogP contribution in [0, 0.1) is 0 Å². The van der Waals surface area contributed by atoms with Gasteiger partial charge in [0.15, 0.2) is 0 Å². The van der Waals surface area contributed by atoms with Gasteiger partial charge in [-0.25, -0.2) is 0 Å². The third kappa shape index (κ3) is 4.28. The number of thioether (sulfide) groups is 1. The van der Waals surface area contributed by atoms with Crippen molar-refractivity contribution in [2.45, 2.75) is 24.9 Å². The van der Waals surface area contributed by atoms with Crippen molar-refractivity contribution >= 4 is 11.8 Å². The molecule has 4 nitrogen and oxygen atoms in total. The molecule has 0 amide bonds. The van der Waals surface area contributed by atoms with Crippen molar-refractivity contribution in [3.05, 3.63) is 0 Å². The molecule has 3 N–H and O–H groups in total. The molecule has 15 heavy (non-hydrogen) atoms. The van der Waals surface area contributed by atoms with E-state index in [1.807, 2.05) is 11.8 Å². The Hall–Kier alpha value is 0.190. The molecule has 0 aromatic heterocycles. The van der Waals surface area contributed by atoms with Crippen molar-refractivity contribution < 1.29 is 4.74 Å². The van der Waals surface area contributed by atoms with Gasteiger partial charge in [0.1, 0.15) is 0 Å². The van der Waals surface area contributed by atoms with Gasteiger partial charge in [-0.3, -0.25) is 11.3 Å². The fourth-order valence-corrected chi connectivity index (χ4v) is 3.28. The Morgan fingerprint density at radius 2 is 2.47 bits per heavy atom. The number of rotatable bonds is 6. The normalized spacial score (nSPS) is 25.4. The molecule has 1 aliphatic rings. The van der Waals surface area contributed by atoms with Gasteiger partial charge in [-0.2, -0.15) is 11.8 Å². The molecule has 1 saturated heterocycles. The molecule has 0 aliphatic carbocycles. The second-order valence-electron chi connectivity index (χ2n) is 4.03. The number of hydrogen-bond acceptors (Lipinski definition) is 5. The van der Waals surface area contributed by atoms with Crippen LogP contribution >= 0.6 is 11.8 Å². The van der Waals surface area contributed by atoms with Crippen molar-refractivity contribution in [1.82, 2.24) is 10.3 Å². The van der Waals surface area contributed by atoms with Crippen molar-refractivity contribution in [3.8, 4) is 0 Å². The highest BCUT2D eigenvalue weighted by Crippen LogP contribution is 2.19. The molecule has 1 rings (SSSR count). The largest absolute Gasteiger partial charge is 0.385 e. The first-order chi connectivity index (χ1) is 7.29. The van der Waals surface area contributed by atoms with Crippen LogP contribution in [0.2, 0.25) is 0 Å². The second-order valence-corrected chi connectivity index (χ2v) is 5.18. The first-order valence-electron chi connectivity index (χ1n) is 5.52. The number of nitrogens with zero attached hydrogens (tertiary/aromatic N) is 1. The first kappa shape index (κ1) is 13.3. The lowest BCUT2D eigenvalue weighted by Crippen LogP contribution is -2.54. The maximum absolute atomic E-state index is 5.62. The first-order valence-corrected chi connectivity index (χ1v) is 6.68. The molecule has 0 aromatic carbocycles. The molecule has 0 spiro atoms. The molecule has 0 bridgehead atoms. The van der Waals surface area contributed by atoms with E-state index in [1.165, 1.54) is 11.5 Å². The van der Waals surface area contributed by atoms with Gasteiger partial charge >= 0.3 is 0 Å². The lowest BCUT2D eigenvalue weighted by Gasteiger charge is -2.37. The fraction of sp³-hybridized carbons (Fsp3) is 1.00. The van der Waals surface area contributed by atoms with Gasteiger partial charge in [0.2, 0.25) is 0 Å². The molecule has 90 valence electrons. The Balaban J connectivity index is 2.34. The smallest absolute Gasteiger partial charge is 0.0462 e. The fourth-order valence-electron chi connectivity index (χ4n) is 1.96. The van der Waals surface area contributed by atoms with Gasteiger partial charge in [0.25, 0.3) is 0 Å². The maximum atomic E-state index is 5.62. The van der Waals surface area contributed by atoms with E-state index in [9.17, 15) is 0 Å². The van der Waals surface area contributed by atoms with Crippen LogP contribution in [0.3, 0.4) is 0 Å². The van der Waals surface area contributed by atoms with Crippen LogP contribution in [0.1, 0.15) is 12.8 Å². The standard InChI is InChI=1S/C10H23N3OS/c1-13-5-7-15-8-10(13)9(12-11)4-3-6-14-2/h9-10,12H,3-8,11H2,1-2H3. The summed E-state index contributed by atoms with van der Waals surface area (Å²) in [5.41, 5.74) is 2.95. The van der Waals surface area contributed by atoms with Gasteiger partial charge in [0, 0.05) is 43.9 Å². The number of likely N-dealkylation sites (N-methyl/N-ethyl adjacent to an activating group) is 1. The average molecular weight is 233 g/mol. The summed E-state index contributed by atoms with van der Waals surface area (Å²) in [6.07, 6.45) is 2.15. The predicted molar refractivity (Wildman–Crippen MR) is 66.0 cm³/mol. The topological polar surface area (TPSA) is 50.5 Å². The van der Waals surface area contributed by atoms with E-state index in [4.69, 9.17) is 10.6 Å². The highest BCUT2D eigenvalue weighted by molar-refractivity contribution is 7.99. The van der Waals surface area contributed by atoms with E-state index in [0.29, 0.717) is 12.1 Å². The Labute approximate surface area is 96.9 Å². The number of methoxy groups -OCH3 is 1. The summed E-state index contributed by atoms with van der Waals surface area (Å²) in [6, 6.07) is 0.948. The summed E-state index contributed by atoms with van der Waals surface area (Å²) in [4.78, 5) is 2.41. The van der Waals surface area contributed by atoms with E-state index < -0.39 is 0 Å². The summed E-state index contributed by atoms with van der Waals surface area (Å²) < 4.78 is 5.06. The molecule has 1 fully saturated rings. The van der Waals surface area contributed by atoms with Gasteiger partial charge in [-0.1, -0.05) is 0 Å². The summed E-state index contributed by atoms with van der Waals surface area (Å²) >= 11 is 2.02. The molecular formula is C10H23N3OS. The Morgan fingerprint density at radius 3 is 3.07 bits per heavy atom. The van der Waals surface area contributed by atoms with Crippen LogP contribution in [0.25, 0.3) is 0 Å². The molecule has 1 heterocycles. The van der Waals surface area contributed by atoms with Crippen LogP contribution in [-0.4, -0.2) is 55.8 Å². The van der Waals surface area contributed by atoms with E-state index in [0.717, 1.165) is 26.0 Å². The Kier molecular flexibility index (Phi) is 6.59. The van der Waals surface area contributed by atoms with Crippen molar-refractivity contribution in [3.63, 3.8) is 0 Å². The van der Waals surface area contributed by atoms with Gasteiger partial charge in [-0.15, -0.1) is 0 Å². The number of hydrogen-bond donors (Lipinski definition) is 2. The number of nitrogens with one attached hydrogen (secondary N) is 1. The maximum Gasteiger partial charge on any atom is 0.0462 e. The predicted octanol–water partition coefficient (Wildman–Crippen LogP) is 0.292. The minimum atomic E-state index is 0.387. The SMILES string of the molecule is COCCCC(NN)C1CSCCN1C. The second kappa shape index (κ2) is 7.46. The number of nitrogens with two attached hydrogens (primary N) is 1. The lowest BCUT2D eigenvalue weighted by atomic mass is 10.0. The van der Waals surface area contributed by atoms with Crippen LogP contribution in [0.4, 0.5) is 0 Å². The van der Waals surface area contributed by atoms with Crippen molar-refractivity contribution in [2.24, 2.45) is 5.84 Å². The molecule has 0 aromatic rings. The molecule has 0 saturated carbocycles. The van der Waals surface area contributed by atoms with Gasteiger partial charge in [0.05, 0.1) is 0 Å². The van der Waals surface area contributed by atoms with Crippen molar-refractivity contribution in [1.29, 1.82) is 0 Å². The number of ether oxygens (including phenoxy) is 1. The van der Waals surface area contributed by atoms with Gasteiger partial charge < -0.3 is 9.64 Å². The number of hydrazine groups is 1. The molecule has 0 radical (unpaired) electrons. The Morgan fingerprint density at radius 1 is 1.67 bits per heavy atom. The molecule has 1 aliphatic heterocycles. The van der Waals surface area contributed by atoms with E-state index in [1.54, 1.807) is 7.11 Å². The average Bonchev–Trinajstić information content (AvgIpc) is 2.26. The summed E-state index contributed by atoms with van der Waals surface area (Å²) in [5.74, 6) is 8.04. The highest BCUT2D eigenvalue weighted by atomic mass is 32.2. The zero-order chi connectivity index (χ0) is 11.1. The highest BCUT2D eigenvalue weighted by Gasteiger charge is 2.26. The van der Waals surface area contributed by atoms with Crippen LogP contribution in [0.15, 0.2) is 0 Å². The van der Waals surface area contributed by atoms with Crippen LogP contribution in [-0.2, 0) is 4.74 Å². The molecular weight excluding hydrogens is 210 g/mol. The third-order valence-corrected chi connectivity index (χ3v) is 4.03. The zero-order valence-corrected chi connectivity index (χ0v) is 10.6. The summed E-state index contributed by atoms with van der Waals surface area (Å²) in [5, 5.41) is 0. The van der Waals surface area contributed by atoms with Crippen LogP contribution in [0.5, 0.6) is 0 Å². The summed E-state index contributed by atoms with van der Waals surface area (Å²) in [6.45, 7) is 1.99. The Bertz CT molecular complexity index is 171. The van der Waals surface area contributed by atoms with E-state index in [2.05, 4.69) is 17.4 Å². The van der Waals surface area contributed by atoms with E-state index >= 15 is 0 Å². The third-order valence-electron chi connectivity index (χ3n) is 2.99.